The second-order valence-corrected chi connectivity index (χ2v) is 9.64. The number of aryl methyl sites for hydroxylation is 1. The smallest absolute Gasteiger partial charge is 0.250 e. The van der Waals surface area contributed by atoms with Crippen LogP contribution in [0.5, 0.6) is 0 Å². The molecule has 12 heteroatoms. The molecule has 0 spiro atoms. The van der Waals surface area contributed by atoms with E-state index in [2.05, 4.69) is 41.3 Å². The van der Waals surface area contributed by atoms with Gasteiger partial charge in [0.15, 0.2) is 5.78 Å². The van der Waals surface area contributed by atoms with E-state index in [0.717, 1.165) is 11.1 Å². The Balaban J connectivity index is 1.40. The molecule has 1 aliphatic rings. The molecule has 194 valence electrons. The number of hydrogen-bond acceptors (Lipinski definition) is 8. The third-order valence-corrected chi connectivity index (χ3v) is 6.64. The second-order valence-electron chi connectivity index (χ2n) is 8.83. The number of hydrogen-bond donors (Lipinski definition) is 1. The Labute approximate surface area is 226 Å². The van der Waals surface area contributed by atoms with E-state index in [4.69, 9.17) is 4.74 Å². The van der Waals surface area contributed by atoms with Crippen molar-refractivity contribution in [3.8, 4) is 11.1 Å². The van der Waals surface area contributed by atoms with E-state index >= 15 is 0 Å². The van der Waals surface area contributed by atoms with Gasteiger partial charge in [-0.05, 0) is 52.7 Å². The third kappa shape index (κ3) is 5.31. The van der Waals surface area contributed by atoms with Crippen LogP contribution < -0.4 is 5.32 Å². The highest BCUT2D eigenvalue weighted by atomic mass is 79.9. The summed E-state index contributed by atoms with van der Waals surface area (Å²) in [5, 5.41) is 7.83. The SMILES string of the molecule is CC(=O)c1nn(CC(=O)N2CCOC[C@@H]2C(=O)Nc2cccc(Br)n2)c2ccc(-c3cnc(C)nc3)cc12. The van der Waals surface area contributed by atoms with Gasteiger partial charge in [-0.15, -0.1) is 0 Å². The zero-order valence-electron chi connectivity index (χ0n) is 20.7. The average molecular weight is 578 g/mol. The van der Waals surface area contributed by atoms with Gasteiger partial charge in [-0.2, -0.15) is 5.10 Å². The largest absolute Gasteiger partial charge is 0.377 e. The molecule has 1 aliphatic heterocycles. The van der Waals surface area contributed by atoms with Gasteiger partial charge in [-0.25, -0.2) is 15.0 Å². The Morgan fingerprint density at radius 3 is 2.66 bits per heavy atom. The van der Waals surface area contributed by atoms with Crippen LogP contribution in [0.25, 0.3) is 22.0 Å². The fourth-order valence-electron chi connectivity index (χ4n) is 4.31. The van der Waals surface area contributed by atoms with Gasteiger partial charge < -0.3 is 15.0 Å². The quantitative estimate of drug-likeness (QED) is 0.273. The molecule has 1 fully saturated rings. The molecule has 1 aromatic carbocycles. The van der Waals surface area contributed by atoms with Crippen molar-refractivity contribution in [2.75, 3.05) is 25.1 Å². The maximum atomic E-state index is 13.4. The van der Waals surface area contributed by atoms with Crippen LogP contribution in [0.3, 0.4) is 0 Å². The van der Waals surface area contributed by atoms with Crippen molar-refractivity contribution in [2.24, 2.45) is 0 Å². The minimum absolute atomic E-state index is 0.0616. The molecule has 2 amide bonds. The molecule has 0 aliphatic carbocycles. The summed E-state index contributed by atoms with van der Waals surface area (Å²) in [6.45, 7) is 3.72. The van der Waals surface area contributed by atoms with Crippen molar-refractivity contribution in [3.05, 3.63) is 64.9 Å². The number of ketones is 1. The minimum atomic E-state index is -0.834. The normalized spacial score (nSPS) is 15.4. The summed E-state index contributed by atoms with van der Waals surface area (Å²) >= 11 is 3.28. The fourth-order valence-corrected chi connectivity index (χ4v) is 4.65. The molecule has 4 aromatic rings. The molecular formula is C26H24BrN7O4. The number of carbonyl (C=O) groups excluding carboxylic acids is 3. The van der Waals surface area contributed by atoms with Gasteiger partial charge in [-0.1, -0.05) is 12.1 Å². The monoisotopic (exact) mass is 577 g/mol. The lowest BCUT2D eigenvalue weighted by molar-refractivity contribution is -0.146. The zero-order valence-corrected chi connectivity index (χ0v) is 22.3. The first-order valence-corrected chi connectivity index (χ1v) is 12.7. The highest BCUT2D eigenvalue weighted by molar-refractivity contribution is 9.10. The number of amides is 2. The summed E-state index contributed by atoms with van der Waals surface area (Å²) in [6.07, 6.45) is 3.44. The van der Waals surface area contributed by atoms with Crippen LogP contribution in [0.4, 0.5) is 5.82 Å². The van der Waals surface area contributed by atoms with Gasteiger partial charge in [0.25, 0.3) is 5.91 Å². The molecule has 1 atom stereocenters. The van der Waals surface area contributed by atoms with E-state index in [0.29, 0.717) is 33.8 Å². The minimum Gasteiger partial charge on any atom is -0.377 e. The molecule has 1 N–H and O–H groups in total. The highest BCUT2D eigenvalue weighted by Crippen LogP contribution is 2.27. The van der Waals surface area contributed by atoms with Gasteiger partial charge in [0.1, 0.15) is 34.5 Å². The molecule has 0 unspecified atom stereocenters. The van der Waals surface area contributed by atoms with E-state index < -0.39 is 11.9 Å². The summed E-state index contributed by atoms with van der Waals surface area (Å²) < 4.78 is 7.58. The molecule has 1 saturated heterocycles. The lowest BCUT2D eigenvalue weighted by Gasteiger charge is -2.34. The van der Waals surface area contributed by atoms with Gasteiger partial charge in [0.05, 0.1) is 18.7 Å². The van der Waals surface area contributed by atoms with Crippen LogP contribution in [0.2, 0.25) is 0 Å². The van der Waals surface area contributed by atoms with Crippen LogP contribution in [0.15, 0.2) is 53.4 Å². The summed E-state index contributed by atoms with van der Waals surface area (Å²) in [6, 6.07) is 9.87. The van der Waals surface area contributed by atoms with Gasteiger partial charge in [-0.3, -0.25) is 19.1 Å². The first-order valence-electron chi connectivity index (χ1n) is 11.9. The molecule has 38 heavy (non-hydrogen) atoms. The van der Waals surface area contributed by atoms with Crippen molar-refractivity contribution < 1.29 is 19.1 Å². The van der Waals surface area contributed by atoms with E-state index in [-0.39, 0.29) is 37.1 Å². The number of morpholine rings is 1. The van der Waals surface area contributed by atoms with Crippen molar-refractivity contribution in [2.45, 2.75) is 26.4 Å². The Bertz CT molecular complexity index is 1540. The van der Waals surface area contributed by atoms with Gasteiger partial charge in [0.2, 0.25) is 5.91 Å². The predicted molar refractivity (Wildman–Crippen MR) is 142 cm³/mol. The summed E-state index contributed by atoms with van der Waals surface area (Å²) in [7, 11) is 0. The average Bonchev–Trinajstić information content (AvgIpc) is 3.27. The number of aromatic nitrogens is 5. The Morgan fingerprint density at radius 2 is 1.92 bits per heavy atom. The first-order chi connectivity index (χ1) is 18.3. The lowest BCUT2D eigenvalue weighted by Crippen LogP contribution is -2.55. The van der Waals surface area contributed by atoms with E-state index in [1.54, 1.807) is 30.6 Å². The topological polar surface area (TPSA) is 132 Å². The number of nitrogens with zero attached hydrogens (tertiary/aromatic N) is 6. The predicted octanol–water partition coefficient (Wildman–Crippen LogP) is 3.03. The maximum absolute atomic E-state index is 13.4. The highest BCUT2D eigenvalue weighted by Gasteiger charge is 2.33. The molecule has 11 nitrogen and oxygen atoms in total. The Morgan fingerprint density at radius 1 is 1.13 bits per heavy atom. The number of anilines is 1. The number of ether oxygens (including phenoxy) is 1. The number of fused-ring (bicyclic) bond motifs is 1. The van der Waals surface area contributed by atoms with E-state index in [1.165, 1.54) is 16.5 Å². The lowest BCUT2D eigenvalue weighted by atomic mass is 10.0. The summed E-state index contributed by atoms with van der Waals surface area (Å²) in [4.78, 5) is 53.1. The number of pyridine rings is 1. The molecular weight excluding hydrogens is 554 g/mol. The summed E-state index contributed by atoms with van der Waals surface area (Å²) in [5.41, 5.74) is 2.53. The zero-order chi connectivity index (χ0) is 26.8. The van der Waals surface area contributed by atoms with Crippen LogP contribution in [0, 0.1) is 6.92 Å². The van der Waals surface area contributed by atoms with Gasteiger partial charge in [0, 0.05) is 36.8 Å². The number of rotatable bonds is 6. The number of Topliss-reactive ketones (excluding diaryl/α,β-unsaturated/α-hetero) is 1. The number of benzene rings is 1. The van der Waals surface area contributed by atoms with Crippen molar-refractivity contribution in [1.29, 1.82) is 0 Å². The van der Waals surface area contributed by atoms with Crippen LogP contribution >= 0.6 is 15.9 Å². The number of halogens is 1. The first kappa shape index (κ1) is 25.6. The van der Waals surface area contributed by atoms with Crippen LogP contribution in [0.1, 0.15) is 23.2 Å². The molecule has 0 saturated carbocycles. The molecule has 0 radical (unpaired) electrons. The number of carbonyl (C=O) groups is 3. The number of nitrogens with one attached hydrogen (secondary N) is 1. The standard InChI is InChI=1S/C26H24BrN7O4/c1-15(35)25-19-10-17(18-11-28-16(2)29-12-18)6-7-20(19)34(32-25)13-24(36)33-8-9-38-14-21(33)26(37)31-23-5-3-4-22(27)30-23/h3-7,10-12,21H,8-9,13-14H2,1-2H3,(H,30,31,37)/t21-/m1/s1. The van der Waals surface area contributed by atoms with Crippen molar-refractivity contribution in [1.82, 2.24) is 29.6 Å². The molecule has 3 aromatic heterocycles. The van der Waals surface area contributed by atoms with Gasteiger partial charge >= 0.3 is 0 Å². The van der Waals surface area contributed by atoms with Crippen molar-refractivity contribution in [3.63, 3.8) is 0 Å². The summed E-state index contributed by atoms with van der Waals surface area (Å²) in [5.74, 6) is 0.0908. The van der Waals surface area contributed by atoms with E-state index in [9.17, 15) is 14.4 Å². The maximum Gasteiger partial charge on any atom is 0.250 e. The fraction of sp³-hybridized carbons (Fsp3) is 0.269. The van der Waals surface area contributed by atoms with E-state index in [1.807, 2.05) is 25.1 Å². The van der Waals surface area contributed by atoms with Crippen LogP contribution in [-0.4, -0.2) is 73.0 Å². The van der Waals surface area contributed by atoms with Crippen LogP contribution in [-0.2, 0) is 20.9 Å². The Hall–Kier alpha value is -4.03. The Kier molecular flexibility index (Phi) is 7.25. The molecule has 5 rings (SSSR count). The van der Waals surface area contributed by atoms with Crippen molar-refractivity contribution >= 4 is 50.2 Å². The second kappa shape index (κ2) is 10.8. The molecule has 4 heterocycles. The third-order valence-electron chi connectivity index (χ3n) is 6.20. The molecule has 0 bridgehead atoms.